The molecule has 1 aliphatic rings. The van der Waals surface area contributed by atoms with E-state index in [0.717, 1.165) is 0 Å². The van der Waals surface area contributed by atoms with Gasteiger partial charge < -0.3 is 0 Å². The molecular formula is C17H24O3. The predicted octanol–water partition coefficient (Wildman–Crippen LogP) is 3.43. The molecule has 0 amide bonds. The lowest BCUT2D eigenvalue weighted by molar-refractivity contribution is -0.119. The third kappa shape index (κ3) is 3.99. The lowest BCUT2D eigenvalue weighted by atomic mass is 9.69. The summed E-state index contributed by atoms with van der Waals surface area (Å²) in [5.41, 5.74) is 0.437. The molecule has 0 N–H and O–H groups in total. The number of hydrogen-bond donors (Lipinski definition) is 0. The Kier molecular flexibility index (Phi) is 4.52. The molecule has 0 heterocycles. The molecule has 1 unspecified atom stereocenters. The molecule has 20 heavy (non-hydrogen) atoms. The van der Waals surface area contributed by atoms with Crippen molar-refractivity contribution in [3.05, 3.63) is 23.3 Å². The average molecular weight is 276 g/mol. The van der Waals surface area contributed by atoms with Crippen LogP contribution < -0.4 is 0 Å². The van der Waals surface area contributed by atoms with Gasteiger partial charge in [-0.1, -0.05) is 39.8 Å². The second-order valence-electron chi connectivity index (χ2n) is 7.07. The van der Waals surface area contributed by atoms with Crippen LogP contribution in [0.2, 0.25) is 0 Å². The first-order valence-corrected chi connectivity index (χ1v) is 6.93. The van der Waals surface area contributed by atoms with Crippen molar-refractivity contribution >= 4 is 17.3 Å². The zero-order valence-electron chi connectivity index (χ0n) is 13.3. The molecule has 0 spiro atoms. The van der Waals surface area contributed by atoms with Crippen molar-refractivity contribution in [2.24, 2.45) is 10.8 Å². The van der Waals surface area contributed by atoms with Crippen LogP contribution in [0.4, 0.5) is 0 Å². The summed E-state index contributed by atoms with van der Waals surface area (Å²) in [7, 11) is 0. The first kappa shape index (κ1) is 16.5. The molecule has 0 fully saturated rings. The van der Waals surface area contributed by atoms with Gasteiger partial charge in [-0.3, -0.25) is 14.4 Å². The molecular weight excluding hydrogens is 252 g/mol. The number of carbonyl (C=O) groups excluding carboxylic acids is 3. The molecule has 1 atom stereocenters. The average Bonchev–Trinajstić information content (AvgIpc) is 2.19. The van der Waals surface area contributed by atoms with E-state index in [1.165, 1.54) is 6.92 Å². The van der Waals surface area contributed by atoms with Gasteiger partial charge in [0.1, 0.15) is 11.6 Å². The van der Waals surface area contributed by atoms with E-state index in [2.05, 4.69) is 0 Å². The maximum Gasteiger partial charge on any atom is 0.185 e. The molecule has 0 aliphatic heterocycles. The Morgan fingerprint density at radius 3 is 2.05 bits per heavy atom. The zero-order chi connectivity index (χ0) is 15.7. The van der Waals surface area contributed by atoms with Crippen LogP contribution in [0.25, 0.3) is 0 Å². The molecule has 0 aromatic carbocycles. The van der Waals surface area contributed by atoms with Crippen molar-refractivity contribution in [1.82, 2.24) is 0 Å². The summed E-state index contributed by atoms with van der Waals surface area (Å²) < 4.78 is 0. The van der Waals surface area contributed by atoms with Crippen molar-refractivity contribution in [2.75, 3.05) is 0 Å². The van der Waals surface area contributed by atoms with Crippen LogP contribution in [-0.4, -0.2) is 17.3 Å². The Hall–Kier alpha value is -1.51. The second kappa shape index (κ2) is 5.47. The van der Waals surface area contributed by atoms with Crippen LogP contribution in [0, 0.1) is 10.8 Å². The highest BCUT2D eigenvalue weighted by Crippen LogP contribution is 2.40. The summed E-state index contributed by atoms with van der Waals surface area (Å²) in [4.78, 5) is 35.3. The van der Waals surface area contributed by atoms with Gasteiger partial charge in [-0.15, -0.1) is 0 Å². The van der Waals surface area contributed by atoms with Gasteiger partial charge >= 0.3 is 0 Å². The topological polar surface area (TPSA) is 51.2 Å². The number of hydrogen-bond acceptors (Lipinski definition) is 3. The van der Waals surface area contributed by atoms with Gasteiger partial charge in [0.05, 0.1) is 0 Å². The van der Waals surface area contributed by atoms with Gasteiger partial charge in [-0.05, 0) is 19.3 Å². The van der Waals surface area contributed by atoms with E-state index >= 15 is 0 Å². The summed E-state index contributed by atoms with van der Waals surface area (Å²) >= 11 is 0. The fourth-order valence-corrected chi connectivity index (χ4v) is 2.67. The van der Waals surface area contributed by atoms with Gasteiger partial charge in [0.2, 0.25) is 0 Å². The lowest BCUT2D eigenvalue weighted by Gasteiger charge is -2.33. The normalized spacial score (nSPS) is 23.2. The summed E-state index contributed by atoms with van der Waals surface area (Å²) in [5.74, 6) is -0.0246. The van der Waals surface area contributed by atoms with Gasteiger partial charge in [0.25, 0.3) is 0 Å². The van der Waals surface area contributed by atoms with E-state index in [0.29, 0.717) is 17.6 Å². The molecule has 0 saturated heterocycles. The van der Waals surface area contributed by atoms with E-state index in [-0.39, 0.29) is 29.2 Å². The van der Waals surface area contributed by atoms with Crippen molar-refractivity contribution in [2.45, 2.75) is 54.4 Å². The summed E-state index contributed by atoms with van der Waals surface area (Å²) in [6.45, 7) is 10.9. The van der Waals surface area contributed by atoms with Gasteiger partial charge in [0.15, 0.2) is 5.78 Å². The number of ketones is 3. The molecule has 1 aliphatic carbocycles. The Morgan fingerprint density at radius 1 is 1.10 bits per heavy atom. The molecule has 3 nitrogen and oxygen atoms in total. The van der Waals surface area contributed by atoms with Crippen LogP contribution in [-0.2, 0) is 14.4 Å². The predicted molar refractivity (Wildman–Crippen MR) is 79.3 cm³/mol. The number of allylic oxidation sites excluding steroid dienone is 4. The van der Waals surface area contributed by atoms with Crippen LogP contribution in [0.3, 0.4) is 0 Å². The fourth-order valence-electron chi connectivity index (χ4n) is 2.67. The van der Waals surface area contributed by atoms with Gasteiger partial charge in [-0.2, -0.15) is 0 Å². The Labute approximate surface area is 121 Å². The highest BCUT2D eigenvalue weighted by Gasteiger charge is 2.35. The molecule has 0 bridgehead atoms. The summed E-state index contributed by atoms with van der Waals surface area (Å²) in [6.07, 6.45) is 4.19. The first-order valence-electron chi connectivity index (χ1n) is 6.93. The number of Topliss-reactive ketones (excluding diaryl/α,β-unsaturated/α-hetero) is 3. The second-order valence-corrected chi connectivity index (χ2v) is 7.07. The molecule has 110 valence electrons. The van der Waals surface area contributed by atoms with Crippen LogP contribution in [0.1, 0.15) is 54.4 Å². The van der Waals surface area contributed by atoms with E-state index in [1.807, 2.05) is 33.8 Å². The number of rotatable bonds is 4. The van der Waals surface area contributed by atoms with E-state index < -0.39 is 5.41 Å². The molecule has 0 aromatic rings. The van der Waals surface area contributed by atoms with Crippen molar-refractivity contribution < 1.29 is 14.4 Å². The van der Waals surface area contributed by atoms with Crippen molar-refractivity contribution in [3.8, 4) is 0 Å². The third-order valence-electron chi connectivity index (χ3n) is 3.39. The van der Waals surface area contributed by atoms with E-state index in [1.54, 1.807) is 13.0 Å². The molecule has 3 heteroatoms. The Morgan fingerprint density at radius 2 is 1.65 bits per heavy atom. The van der Waals surface area contributed by atoms with Crippen LogP contribution in [0.5, 0.6) is 0 Å². The maximum absolute atomic E-state index is 12.5. The Balaban J connectivity index is 3.31. The third-order valence-corrected chi connectivity index (χ3v) is 3.39. The van der Waals surface area contributed by atoms with Crippen LogP contribution >= 0.6 is 0 Å². The largest absolute Gasteiger partial charge is 0.300 e. The SMILES string of the molecule is CC(=O)CC1=CC(C)(CC(C)=O)C=C(C(C)(C)C)C1=O. The van der Waals surface area contributed by atoms with Crippen molar-refractivity contribution in [1.29, 1.82) is 0 Å². The van der Waals surface area contributed by atoms with Crippen LogP contribution in [0.15, 0.2) is 23.3 Å². The minimum absolute atomic E-state index is 0.0371. The summed E-state index contributed by atoms with van der Waals surface area (Å²) in [5, 5.41) is 0. The quantitative estimate of drug-likeness (QED) is 0.790. The molecule has 0 aromatic heterocycles. The highest BCUT2D eigenvalue weighted by atomic mass is 16.1. The monoisotopic (exact) mass is 276 g/mol. The first-order chi connectivity index (χ1) is 8.94. The smallest absolute Gasteiger partial charge is 0.185 e. The minimum atomic E-state index is -0.479. The lowest BCUT2D eigenvalue weighted by Crippen LogP contribution is -2.29. The zero-order valence-corrected chi connectivity index (χ0v) is 13.3. The Bertz CT molecular complexity index is 515. The van der Waals surface area contributed by atoms with Gasteiger partial charge in [-0.25, -0.2) is 0 Å². The number of carbonyl (C=O) groups is 3. The maximum atomic E-state index is 12.5. The van der Waals surface area contributed by atoms with Gasteiger partial charge in [0, 0.05) is 29.4 Å². The standard InChI is InChI=1S/C17H24O3/c1-11(18)7-13-9-17(6,8-12(2)19)10-14(15(13)20)16(3,4)5/h9-10H,7-8H2,1-6H3. The highest BCUT2D eigenvalue weighted by molar-refractivity contribution is 6.12. The van der Waals surface area contributed by atoms with E-state index in [4.69, 9.17) is 0 Å². The fraction of sp³-hybridized carbons (Fsp3) is 0.588. The van der Waals surface area contributed by atoms with Crippen molar-refractivity contribution in [3.63, 3.8) is 0 Å². The minimum Gasteiger partial charge on any atom is -0.300 e. The molecule has 1 rings (SSSR count). The summed E-state index contributed by atoms with van der Waals surface area (Å²) in [6, 6.07) is 0. The molecule has 0 saturated carbocycles. The molecule has 0 radical (unpaired) electrons. The van der Waals surface area contributed by atoms with E-state index in [9.17, 15) is 14.4 Å².